The molecule has 0 atom stereocenters. The van der Waals surface area contributed by atoms with Gasteiger partial charge in [-0.15, -0.1) is 0 Å². The molecule has 3 rings (SSSR count). The molecule has 4 heteroatoms. The van der Waals surface area contributed by atoms with Gasteiger partial charge in [0.05, 0.1) is 5.52 Å². The van der Waals surface area contributed by atoms with Gasteiger partial charge in [-0.05, 0) is 31.4 Å². The molecule has 0 aliphatic heterocycles. The van der Waals surface area contributed by atoms with Crippen LogP contribution in [-0.2, 0) is 4.79 Å². The number of para-hydroxylation sites is 1. The van der Waals surface area contributed by atoms with Crippen LogP contribution in [-0.4, -0.2) is 21.6 Å². The summed E-state index contributed by atoms with van der Waals surface area (Å²) in [5.74, 6) is -0.769. The largest absolute Gasteiger partial charge is 0.480 e. The fourth-order valence-corrected chi connectivity index (χ4v) is 2.39. The first kappa shape index (κ1) is 11.0. The second-order valence-corrected chi connectivity index (χ2v) is 4.74. The van der Waals surface area contributed by atoms with Gasteiger partial charge in [-0.3, -0.25) is 4.98 Å². The van der Waals surface area contributed by atoms with Crippen molar-refractivity contribution >= 4 is 22.6 Å². The molecule has 4 nitrogen and oxygen atoms in total. The van der Waals surface area contributed by atoms with Crippen LogP contribution in [0.25, 0.3) is 10.9 Å². The third-order valence-corrected chi connectivity index (χ3v) is 3.64. The number of benzene rings is 1. The number of carbonyl (C=O) groups is 1. The molecule has 18 heavy (non-hydrogen) atoms. The molecule has 92 valence electrons. The molecule has 1 aromatic carbocycles. The normalized spacial score (nSPS) is 17.1. The summed E-state index contributed by atoms with van der Waals surface area (Å²) >= 11 is 0. The number of nitrogens with zero attached hydrogens (tertiary/aromatic N) is 1. The highest BCUT2D eigenvalue weighted by molar-refractivity contribution is 5.94. The lowest BCUT2D eigenvalue weighted by Crippen LogP contribution is -2.52. The van der Waals surface area contributed by atoms with Gasteiger partial charge in [-0.25, -0.2) is 4.79 Å². The molecule has 0 unspecified atom stereocenters. The predicted molar refractivity (Wildman–Crippen MR) is 69.6 cm³/mol. The van der Waals surface area contributed by atoms with E-state index in [1.165, 1.54) is 0 Å². The maximum absolute atomic E-state index is 11.4. The van der Waals surface area contributed by atoms with Crippen LogP contribution >= 0.6 is 0 Å². The van der Waals surface area contributed by atoms with Crippen molar-refractivity contribution in [2.75, 3.05) is 5.32 Å². The lowest BCUT2D eigenvalue weighted by molar-refractivity contribution is -0.145. The smallest absolute Gasteiger partial charge is 0.329 e. The Morgan fingerprint density at radius 3 is 2.72 bits per heavy atom. The lowest BCUT2D eigenvalue weighted by Gasteiger charge is -2.39. The van der Waals surface area contributed by atoms with Crippen LogP contribution in [0, 0.1) is 0 Å². The number of carboxylic acid groups (broad SMARTS) is 1. The fourth-order valence-electron chi connectivity index (χ4n) is 2.39. The van der Waals surface area contributed by atoms with Crippen molar-refractivity contribution in [2.45, 2.75) is 24.8 Å². The van der Waals surface area contributed by atoms with E-state index in [1.54, 1.807) is 6.20 Å². The van der Waals surface area contributed by atoms with Crippen LogP contribution in [0.2, 0.25) is 0 Å². The minimum Gasteiger partial charge on any atom is -0.480 e. The molecule has 0 bridgehead atoms. The maximum Gasteiger partial charge on any atom is 0.329 e. The molecule has 1 fully saturated rings. The molecular weight excluding hydrogens is 228 g/mol. The zero-order chi connectivity index (χ0) is 12.6. The fraction of sp³-hybridized carbons (Fsp3) is 0.286. The first-order chi connectivity index (χ1) is 8.71. The van der Waals surface area contributed by atoms with Crippen molar-refractivity contribution < 1.29 is 9.90 Å². The summed E-state index contributed by atoms with van der Waals surface area (Å²) in [7, 11) is 0. The molecule has 2 aromatic rings. The molecular formula is C14H14N2O2. The van der Waals surface area contributed by atoms with E-state index in [1.807, 2.05) is 30.3 Å². The average Bonchev–Trinajstić information content (AvgIpc) is 2.33. The van der Waals surface area contributed by atoms with E-state index in [2.05, 4.69) is 10.3 Å². The highest BCUT2D eigenvalue weighted by Crippen LogP contribution is 2.37. The van der Waals surface area contributed by atoms with Gasteiger partial charge in [0.1, 0.15) is 5.54 Å². The van der Waals surface area contributed by atoms with E-state index in [0.29, 0.717) is 12.8 Å². The highest BCUT2D eigenvalue weighted by atomic mass is 16.4. The van der Waals surface area contributed by atoms with Crippen LogP contribution in [0.1, 0.15) is 19.3 Å². The maximum atomic E-state index is 11.4. The molecule has 0 amide bonds. The Balaban J connectivity index is 2.02. The van der Waals surface area contributed by atoms with Crippen molar-refractivity contribution in [3.8, 4) is 0 Å². The van der Waals surface area contributed by atoms with E-state index in [9.17, 15) is 9.90 Å². The number of aliphatic carboxylic acids is 1. The van der Waals surface area contributed by atoms with E-state index in [-0.39, 0.29) is 0 Å². The molecule has 2 N–H and O–H groups in total. The van der Waals surface area contributed by atoms with Crippen molar-refractivity contribution in [1.29, 1.82) is 0 Å². The minimum atomic E-state index is -0.788. The standard InChI is InChI=1S/C14H14N2O2/c17-13(18)14(7-3-8-14)16-12-6-9-15-11-5-2-1-4-10(11)12/h1-2,4-6,9H,3,7-8H2,(H,15,16)(H,17,18). The summed E-state index contributed by atoms with van der Waals surface area (Å²) in [5.41, 5.74) is 0.939. The van der Waals surface area contributed by atoms with Crippen molar-refractivity contribution in [1.82, 2.24) is 4.98 Å². The Kier molecular flexibility index (Phi) is 2.44. The second kappa shape index (κ2) is 3.98. The summed E-state index contributed by atoms with van der Waals surface area (Å²) in [6.45, 7) is 0. The van der Waals surface area contributed by atoms with Gasteiger partial charge in [-0.1, -0.05) is 18.2 Å². The van der Waals surface area contributed by atoms with E-state index >= 15 is 0 Å². The van der Waals surface area contributed by atoms with Crippen LogP contribution in [0.4, 0.5) is 5.69 Å². The minimum absolute atomic E-state index is 0.680. The molecule has 0 saturated heterocycles. The monoisotopic (exact) mass is 242 g/mol. The van der Waals surface area contributed by atoms with Gasteiger partial charge < -0.3 is 10.4 Å². The van der Waals surface area contributed by atoms with Gasteiger partial charge in [-0.2, -0.15) is 0 Å². The zero-order valence-electron chi connectivity index (χ0n) is 9.89. The number of fused-ring (bicyclic) bond motifs is 1. The van der Waals surface area contributed by atoms with E-state index in [4.69, 9.17) is 0 Å². The average molecular weight is 242 g/mol. The summed E-state index contributed by atoms with van der Waals surface area (Å²) in [6.07, 6.45) is 4.03. The van der Waals surface area contributed by atoms with Gasteiger partial charge >= 0.3 is 5.97 Å². The highest BCUT2D eigenvalue weighted by Gasteiger charge is 2.44. The van der Waals surface area contributed by atoms with Crippen molar-refractivity contribution in [3.05, 3.63) is 36.5 Å². The van der Waals surface area contributed by atoms with Gasteiger partial charge in [0, 0.05) is 17.3 Å². The van der Waals surface area contributed by atoms with Gasteiger partial charge in [0.2, 0.25) is 0 Å². The molecule has 1 heterocycles. The van der Waals surface area contributed by atoms with Gasteiger partial charge in [0.25, 0.3) is 0 Å². The number of rotatable bonds is 3. The second-order valence-electron chi connectivity index (χ2n) is 4.74. The summed E-state index contributed by atoms with van der Waals surface area (Å²) in [5, 5.41) is 13.5. The molecule has 0 radical (unpaired) electrons. The molecule has 0 spiro atoms. The number of anilines is 1. The van der Waals surface area contributed by atoms with Crippen molar-refractivity contribution in [2.24, 2.45) is 0 Å². The SMILES string of the molecule is O=C(O)C1(Nc2ccnc3ccccc23)CCC1. The summed E-state index contributed by atoms with van der Waals surface area (Å²) < 4.78 is 0. The molecule has 1 aliphatic carbocycles. The third-order valence-electron chi connectivity index (χ3n) is 3.64. The topological polar surface area (TPSA) is 62.2 Å². The number of aromatic nitrogens is 1. The number of nitrogens with one attached hydrogen (secondary N) is 1. The Bertz CT molecular complexity index is 600. The number of hydrogen-bond acceptors (Lipinski definition) is 3. The van der Waals surface area contributed by atoms with Crippen LogP contribution in [0.5, 0.6) is 0 Å². The third kappa shape index (κ3) is 1.61. The van der Waals surface area contributed by atoms with E-state index in [0.717, 1.165) is 23.0 Å². The lowest BCUT2D eigenvalue weighted by atomic mass is 9.76. The first-order valence-electron chi connectivity index (χ1n) is 6.07. The van der Waals surface area contributed by atoms with Crippen LogP contribution < -0.4 is 5.32 Å². The quantitative estimate of drug-likeness (QED) is 0.868. The molecule has 1 aromatic heterocycles. The molecule has 1 saturated carbocycles. The predicted octanol–water partition coefficient (Wildman–Crippen LogP) is 2.65. The zero-order valence-corrected chi connectivity index (χ0v) is 9.89. The Morgan fingerprint density at radius 1 is 1.28 bits per heavy atom. The van der Waals surface area contributed by atoms with Crippen LogP contribution in [0.15, 0.2) is 36.5 Å². The van der Waals surface area contributed by atoms with Crippen molar-refractivity contribution in [3.63, 3.8) is 0 Å². The van der Waals surface area contributed by atoms with Crippen LogP contribution in [0.3, 0.4) is 0 Å². The Labute approximate surface area is 105 Å². The Morgan fingerprint density at radius 2 is 2.06 bits per heavy atom. The number of hydrogen-bond donors (Lipinski definition) is 2. The Hall–Kier alpha value is -2.10. The summed E-state index contributed by atoms with van der Waals surface area (Å²) in [4.78, 5) is 15.6. The number of pyridine rings is 1. The van der Waals surface area contributed by atoms with E-state index < -0.39 is 11.5 Å². The first-order valence-corrected chi connectivity index (χ1v) is 6.07. The van der Waals surface area contributed by atoms with Gasteiger partial charge in [0.15, 0.2) is 0 Å². The summed E-state index contributed by atoms with van der Waals surface area (Å²) in [6, 6.07) is 9.58. The molecule has 1 aliphatic rings. The number of carboxylic acids is 1.